The predicted molar refractivity (Wildman–Crippen MR) is 123 cm³/mol. The third-order valence-electron chi connectivity index (χ3n) is 5.31. The van der Waals surface area contributed by atoms with Crippen LogP contribution >= 0.6 is 47.8 Å². The minimum absolute atomic E-state index is 0.436. The van der Waals surface area contributed by atoms with Crippen molar-refractivity contribution in [3.8, 4) is 0 Å². The van der Waals surface area contributed by atoms with Crippen molar-refractivity contribution in [3.05, 3.63) is 50.2 Å². The third-order valence-corrected chi connectivity index (χ3v) is 6.72. The molecule has 0 aromatic carbocycles. The summed E-state index contributed by atoms with van der Waals surface area (Å²) < 4.78 is 13.7. The second-order valence-corrected chi connectivity index (χ2v) is 10.1. The molecule has 9 heteroatoms. The molecule has 4 atom stereocenters. The summed E-state index contributed by atoms with van der Waals surface area (Å²) >= 11 is 9.86. The number of aromatic nitrogens is 2. The van der Waals surface area contributed by atoms with Crippen LogP contribution in [-0.4, -0.2) is 60.6 Å². The van der Waals surface area contributed by atoms with E-state index in [-0.39, 0.29) is 0 Å². The molecular formula is C20H23Br3N4O2. The SMILES string of the molecule is Brc1ccc(Br)nc1.Brc1ccc(N2C[C@@H]3C[C@H]2CO3)nc1.C1O[C@@H]2CN[C@H]1C2. The van der Waals surface area contributed by atoms with Gasteiger partial charge in [0, 0.05) is 40.5 Å². The number of halogens is 3. The van der Waals surface area contributed by atoms with Gasteiger partial charge in [-0.15, -0.1) is 0 Å². The summed E-state index contributed by atoms with van der Waals surface area (Å²) in [5, 5.41) is 3.33. The Morgan fingerprint density at radius 2 is 1.66 bits per heavy atom. The number of ether oxygens (including phenoxy) is 2. The number of morpholine rings is 2. The van der Waals surface area contributed by atoms with Crippen molar-refractivity contribution in [2.75, 3.05) is 31.2 Å². The van der Waals surface area contributed by atoms with E-state index in [2.05, 4.69) is 74.0 Å². The number of nitrogens with zero attached hydrogens (tertiary/aromatic N) is 3. The maximum Gasteiger partial charge on any atom is 0.128 e. The number of hydrogen-bond donors (Lipinski definition) is 1. The maximum absolute atomic E-state index is 5.55. The summed E-state index contributed by atoms with van der Waals surface area (Å²) in [4.78, 5) is 10.7. The van der Waals surface area contributed by atoms with Crippen LogP contribution in [0, 0.1) is 0 Å². The van der Waals surface area contributed by atoms with Crippen LogP contribution in [0.1, 0.15) is 12.8 Å². The largest absolute Gasteiger partial charge is 0.375 e. The van der Waals surface area contributed by atoms with Crippen molar-refractivity contribution < 1.29 is 9.47 Å². The molecule has 156 valence electrons. The van der Waals surface area contributed by atoms with Crippen LogP contribution in [0.15, 0.2) is 50.2 Å². The number of anilines is 1. The summed E-state index contributed by atoms with van der Waals surface area (Å²) in [6.07, 6.45) is 7.00. The number of hydrogen-bond acceptors (Lipinski definition) is 6. The summed E-state index contributed by atoms with van der Waals surface area (Å²) in [6, 6.07) is 9.15. The van der Waals surface area contributed by atoms with Gasteiger partial charge in [-0.2, -0.15) is 0 Å². The van der Waals surface area contributed by atoms with Crippen LogP contribution in [0.2, 0.25) is 0 Å². The summed E-state index contributed by atoms with van der Waals surface area (Å²) in [5.41, 5.74) is 0. The summed E-state index contributed by atoms with van der Waals surface area (Å²) in [7, 11) is 0. The zero-order chi connectivity index (χ0) is 20.2. The van der Waals surface area contributed by atoms with Crippen molar-refractivity contribution in [1.29, 1.82) is 0 Å². The standard InChI is InChI=1S/C10H11BrN2O.C5H3Br2N.C5H9NO/c11-7-1-2-10(12-4-7)13-5-9-3-8(13)6-14-9;6-4-1-2-5(7)8-3-4;1-4-3-7-5(1)2-6-4/h1-2,4,8-9H,3,5-6H2;1-3H;4-6H,1-3H2/t8-,9-;;4-,5-/m0.0/s1. The molecule has 0 radical (unpaired) electrons. The molecule has 0 amide bonds. The minimum atomic E-state index is 0.436. The molecule has 4 aliphatic heterocycles. The molecule has 6 heterocycles. The van der Waals surface area contributed by atoms with Crippen LogP contribution in [0.5, 0.6) is 0 Å². The van der Waals surface area contributed by atoms with E-state index >= 15 is 0 Å². The Balaban J connectivity index is 0.000000116. The highest BCUT2D eigenvalue weighted by Crippen LogP contribution is 2.31. The van der Waals surface area contributed by atoms with Crippen molar-refractivity contribution in [1.82, 2.24) is 15.3 Å². The highest BCUT2D eigenvalue weighted by atomic mass is 79.9. The second kappa shape index (κ2) is 10.2. The second-order valence-electron chi connectivity index (χ2n) is 7.43. The van der Waals surface area contributed by atoms with E-state index < -0.39 is 0 Å². The molecule has 4 fully saturated rings. The summed E-state index contributed by atoms with van der Waals surface area (Å²) in [5.74, 6) is 1.07. The number of pyridine rings is 2. The Morgan fingerprint density at radius 1 is 0.897 bits per heavy atom. The lowest BCUT2D eigenvalue weighted by atomic mass is 10.2. The molecular weight excluding hydrogens is 568 g/mol. The van der Waals surface area contributed by atoms with Gasteiger partial charge in [0.1, 0.15) is 10.4 Å². The normalized spacial score (nSPS) is 28.6. The van der Waals surface area contributed by atoms with E-state index in [4.69, 9.17) is 9.47 Å². The van der Waals surface area contributed by atoms with Gasteiger partial charge in [0.2, 0.25) is 0 Å². The molecule has 0 saturated carbocycles. The first-order chi connectivity index (χ1) is 14.1. The zero-order valence-corrected chi connectivity index (χ0v) is 20.6. The average molecular weight is 591 g/mol. The van der Waals surface area contributed by atoms with Crippen LogP contribution in [0.3, 0.4) is 0 Å². The van der Waals surface area contributed by atoms with Gasteiger partial charge in [-0.05, 0) is 84.9 Å². The van der Waals surface area contributed by atoms with Crippen molar-refractivity contribution in [3.63, 3.8) is 0 Å². The fraction of sp³-hybridized carbons (Fsp3) is 0.500. The molecule has 0 unspecified atom stereocenters. The van der Waals surface area contributed by atoms with Crippen LogP contribution in [-0.2, 0) is 9.47 Å². The molecule has 2 aromatic rings. The maximum atomic E-state index is 5.55. The zero-order valence-electron chi connectivity index (χ0n) is 15.8. The molecule has 6 nitrogen and oxygen atoms in total. The monoisotopic (exact) mass is 588 g/mol. The summed E-state index contributed by atoms with van der Waals surface area (Å²) in [6.45, 7) is 3.90. The van der Waals surface area contributed by atoms with Crippen molar-refractivity contribution in [2.24, 2.45) is 0 Å². The molecule has 0 spiro atoms. The fourth-order valence-corrected chi connectivity index (χ4v) is 4.57. The lowest BCUT2D eigenvalue weighted by Gasteiger charge is -2.27. The molecule has 0 aliphatic carbocycles. The van der Waals surface area contributed by atoms with Gasteiger partial charge < -0.3 is 19.7 Å². The number of fused-ring (bicyclic) bond motifs is 4. The molecule has 4 bridgehead atoms. The highest BCUT2D eigenvalue weighted by Gasteiger charge is 2.39. The van der Waals surface area contributed by atoms with E-state index in [1.54, 1.807) is 6.20 Å². The third kappa shape index (κ3) is 5.98. The topological polar surface area (TPSA) is 59.5 Å². The van der Waals surface area contributed by atoms with Crippen LogP contribution < -0.4 is 10.2 Å². The molecule has 1 N–H and O–H groups in total. The average Bonchev–Trinajstić information content (AvgIpc) is 3.54. The van der Waals surface area contributed by atoms with Gasteiger partial charge in [-0.1, -0.05) is 0 Å². The molecule has 2 aromatic heterocycles. The number of rotatable bonds is 1. The van der Waals surface area contributed by atoms with Crippen LogP contribution in [0.25, 0.3) is 0 Å². The fourth-order valence-electron chi connectivity index (χ4n) is 3.86. The van der Waals surface area contributed by atoms with Crippen molar-refractivity contribution >= 4 is 53.6 Å². The van der Waals surface area contributed by atoms with Gasteiger partial charge in [0.15, 0.2) is 0 Å². The van der Waals surface area contributed by atoms with E-state index in [9.17, 15) is 0 Å². The Bertz CT molecular complexity index is 754. The molecule has 4 aliphatic rings. The van der Waals surface area contributed by atoms with E-state index in [1.807, 2.05) is 24.4 Å². The molecule has 4 saturated heterocycles. The van der Waals surface area contributed by atoms with E-state index in [0.29, 0.717) is 24.3 Å². The Morgan fingerprint density at radius 3 is 2.03 bits per heavy atom. The lowest BCUT2D eigenvalue weighted by Crippen LogP contribution is -2.37. The molecule has 6 rings (SSSR count). The highest BCUT2D eigenvalue weighted by molar-refractivity contribution is 9.11. The smallest absolute Gasteiger partial charge is 0.128 e. The van der Waals surface area contributed by atoms with Crippen LogP contribution in [0.4, 0.5) is 5.82 Å². The first kappa shape index (κ1) is 21.6. The van der Waals surface area contributed by atoms with Gasteiger partial charge >= 0.3 is 0 Å². The first-order valence-corrected chi connectivity index (χ1v) is 12.1. The Labute approximate surface area is 196 Å². The van der Waals surface area contributed by atoms with Gasteiger partial charge in [0.25, 0.3) is 0 Å². The predicted octanol–water partition coefficient (Wildman–Crippen LogP) is 4.18. The first-order valence-electron chi connectivity index (χ1n) is 9.68. The van der Waals surface area contributed by atoms with Gasteiger partial charge in [0.05, 0.1) is 31.5 Å². The Hall–Kier alpha value is -0.580. The van der Waals surface area contributed by atoms with Gasteiger partial charge in [-0.3, -0.25) is 0 Å². The quantitative estimate of drug-likeness (QED) is 0.503. The molecule has 29 heavy (non-hydrogen) atoms. The van der Waals surface area contributed by atoms with E-state index in [1.165, 1.54) is 6.42 Å². The minimum Gasteiger partial charge on any atom is -0.375 e. The Kier molecular flexibility index (Phi) is 7.58. The van der Waals surface area contributed by atoms with Crippen molar-refractivity contribution in [2.45, 2.75) is 37.1 Å². The van der Waals surface area contributed by atoms with E-state index in [0.717, 1.165) is 52.1 Å². The lowest BCUT2D eigenvalue weighted by molar-refractivity contribution is 0.0892. The number of nitrogens with one attached hydrogen (secondary N) is 1. The van der Waals surface area contributed by atoms with Gasteiger partial charge in [-0.25, -0.2) is 9.97 Å².